The summed E-state index contributed by atoms with van der Waals surface area (Å²) < 4.78 is 0. The minimum Gasteiger partial charge on any atom is -0.352 e. The molecule has 2 aromatic heterocycles. The van der Waals surface area contributed by atoms with Gasteiger partial charge in [-0.2, -0.15) is 5.10 Å². The van der Waals surface area contributed by atoms with E-state index in [-0.39, 0.29) is 5.91 Å². The average molecular weight is 312 g/mol. The number of carbonyl (C=O) groups excluding carboxylic acids is 1. The molecule has 1 aromatic carbocycles. The standard InChI is InChI=1S/C16H16N4OS/c21-16(6-5-14-10-22-11-18-14)17-9-12-1-3-13(4-2-12)15-7-8-19-20-15/h1-4,7-8,10-11H,5-6,9H2,(H,17,21)(H,19,20). The number of hydrogen-bond acceptors (Lipinski definition) is 4. The summed E-state index contributed by atoms with van der Waals surface area (Å²) in [6.07, 6.45) is 2.88. The predicted molar refractivity (Wildman–Crippen MR) is 86.3 cm³/mol. The molecule has 0 spiro atoms. The summed E-state index contributed by atoms with van der Waals surface area (Å²) in [6, 6.07) is 9.98. The van der Waals surface area contributed by atoms with Crippen molar-refractivity contribution in [1.82, 2.24) is 20.5 Å². The molecule has 2 N–H and O–H groups in total. The highest BCUT2D eigenvalue weighted by Gasteiger charge is 2.04. The number of thiazole rings is 1. The van der Waals surface area contributed by atoms with E-state index in [1.165, 1.54) is 0 Å². The highest BCUT2D eigenvalue weighted by atomic mass is 32.1. The maximum atomic E-state index is 11.8. The largest absolute Gasteiger partial charge is 0.352 e. The van der Waals surface area contributed by atoms with Crippen molar-refractivity contribution < 1.29 is 4.79 Å². The Bertz CT molecular complexity index is 705. The van der Waals surface area contributed by atoms with Crippen molar-refractivity contribution in [2.75, 3.05) is 0 Å². The number of H-pyrrole nitrogens is 1. The molecule has 0 bridgehead atoms. The number of nitrogens with zero attached hydrogens (tertiary/aromatic N) is 2. The van der Waals surface area contributed by atoms with Gasteiger partial charge in [-0.25, -0.2) is 4.98 Å². The fraction of sp³-hybridized carbons (Fsp3) is 0.188. The Balaban J connectivity index is 1.48. The van der Waals surface area contributed by atoms with Crippen LogP contribution < -0.4 is 5.32 Å². The van der Waals surface area contributed by atoms with Crippen molar-refractivity contribution in [3.05, 3.63) is 58.7 Å². The van der Waals surface area contributed by atoms with Crippen molar-refractivity contribution in [2.24, 2.45) is 0 Å². The van der Waals surface area contributed by atoms with E-state index in [1.807, 2.05) is 35.7 Å². The molecule has 112 valence electrons. The maximum absolute atomic E-state index is 11.8. The molecule has 3 aromatic rings. The molecule has 6 heteroatoms. The van der Waals surface area contributed by atoms with Gasteiger partial charge in [-0.1, -0.05) is 24.3 Å². The fourth-order valence-electron chi connectivity index (χ4n) is 2.11. The van der Waals surface area contributed by atoms with Gasteiger partial charge in [0.05, 0.1) is 16.9 Å². The topological polar surface area (TPSA) is 70.7 Å². The van der Waals surface area contributed by atoms with E-state index >= 15 is 0 Å². The molecular formula is C16H16N4OS. The van der Waals surface area contributed by atoms with Crippen LogP contribution in [0, 0.1) is 0 Å². The number of rotatable bonds is 6. The molecule has 5 nitrogen and oxygen atoms in total. The van der Waals surface area contributed by atoms with Gasteiger partial charge in [0, 0.05) is 24.5 Å². The number of carbonyl (C=O) groups is 1. The van der Waals surface area contributed by atoms with Crippen molar-refractivity contribution >= 4 is 17.2 Å². The van der Waals surface area contributed by atoms with E-state index < -0.39 is 0 Å². The zero-order chi connectivity index (χ0) is 15.2. The summed E-state index contributed by atoms with van der Waals surface area (Å²) >= 11 is 1.55. The summed E-state index contributed by atoms with van der Waals surface area (Å²) in [7, 11) is 0. The Morgan fingerprint density at radius 3 is 2.77 bits per heavy atom. The van der Waals surface area contributed by atoms with Gasteiger partial charge in [-0.15, -0.1) is 11.3 Å². The van der Waals surface area contributed by atoms with Crippen LogP contribution >= 0.6 is 11.3 Å². The Morgan fingerprint density at radius 2 is 2.09 bits per heavy atom. The van der Waals surface area contributed by atoms with E-state index in [0.717, 1.165) is 22.5 Å². The first kappa shape index (κ1) is 14.5. The van der Waals surface area contributed by atoms with E-state index in [4.69, 9.17) is 0 Å². The number of nitrogens with one attached hydrogen (secondary N) is 2. The van der Waals surface area contributed by atoms with E-state index in [2.05, 4.69) is 20.5 Å². The van der Waals surface area contributed by atoms with Crippen molar-refractivity contribution in [1.29, 1.82) is 0 Å². The van der Waals surface area contributed by atoms with Crippen LogP contribution in [0.2, 0.25) is 0 Å². The molecule has 0 saturated heterocycles. The number of aryl methyl sites for hydroxylation is 1. The highest BCUT2D eigenvalue weighted by Crippen LogP contribution is 2.16. The fourth-order valence-corrected chi connectivity index (χ4v) is 2.70. The zero-order valence-electron chi connectivity index (χ0n) is 12.0. The minimum atomic E-state index is 0.0469. The molecule has 0 radical (unpaired) electrons. The first-order valence-corrected chi connectivity index (χ1v) is 7.98. The molecule has 0 aliphatic rings. The Labute approximate surface area is 132 Å². The molecule has 22 heavy (non-hydrogen) atoms. The molecule has 0 saturated carbocycles. The highest BCUT2D eigenvalue weighted by molar-refractivity contribution is 7.07. The summed E-state index contributed by atoms with van der Waals surface area (Å²) in [5, 5.41) is 11.8. The van der Waals surface area contributed by atoms with Gasteiger partial charge in [-0.05, 0) is 23.6 Å². The van der Waals surface area contributed by atoms with Crippen LogP contribution in [0.3, 0.4) is 0 Å². The first-order chi connectivity index (χ1) is 10.8. The molecule has 3 rings (SSSR count). The SMILES string of the molecule is O=C(CCc1cscn1)NCc1ccc(-c2ccn[nH]2)cc1. The monoisotopic (exact) mass is 312 g/mol. The van der Waals surface area contributed by atoms with Crippen LogP contribution in [0.15, 0.2) is 47.4 Å². The summed E-state index contributed by atoms with van der Waals surface area (Å²) in [5.41, 5.74) is 5.90. The third-order valence-corrected chi connectivity index (χ3v) is 3.98. The van der Waals surface area contributed by atoms with E-state index in [0.29, 0.717) is 19.4 Å². The van der Waals surface area contributed by atoms with Gasteiger partial charge in [0.1, 0.15) is 0 Å². The minimum absolute atomic E-state index is 0.0469. The second-order valence-electron chi connectivity index (χ2n) is 4.92. The molecule has 2 heterocycles. The number of aromatic amines is 1. The summed E-state index contributed by atoms with van der Waals surface area (Å²) in [5.74, 6) is 0.0469. The van der Waals surface area contributed by atoms with Crippen LogP contribution in [-0.4, -0.2) is 21.1 Å². The van der Waals surface area contributed by atoms with Crippen LogP contribution in [0.4, 0.5) is 0 Å². The second-order valence-corrected chi connectivity index (χ2v) is 5.64. The van der Waals surface area contributed by atoms with Gasteiger partial charge in [0.15, 0.2) is 0 Å². The second kappa shape index (κ2) is 7.00. The van der Waals surface area contributed by atoms with Gasteiger partial charge in [-0.3, -0.25) is 9.89 Å². The third-order valence-electron chi connectivity index (χ3n) is 3.35. The van der Waals surface area contributed by atoms with Crippen LogP contribution in [-0.2, 0) is 17.8 Å². The lowest BCUT2D eigenvalue weighted by Gasteiger charge is -2.06. The van der Waals surface area contributed by atoms with Crippen molar-refractivity contribution in [2.45, 2.75) is 19.4 Å². The van der Waals surface area contributed by atoms with E-state index in [1.54, 1.807) is 23.0 Å². The Hall–Kier alpha value is -2.47. The number of benzene rings is 1. The lowest BCUT2D eigenvalue weighted by molar-refractivity contribution is -0.121. The van der Waals surface area contributed by atoms with E-state index in [9.17, 15) is 4.79 Å². The Morgan fingerprint density at radius 1 is 1.23 bits per heavy atom. The van der Waals surface area contributed by atoms with Crippen molar-refractivity contribution in [3.63, 3.8) is 0 Å². The van der Waals surface area contributed by atoms with Crippen molar-refractivity contribution in [3.8, 4) is 11.3 Å². The molecule has 0 unspecified atom stereocenters. The molecule has 0 atom stereocenters. The molecular weight excluding hydrogens is 296 g/mol. The van der Waals surface area contributed by atoms with Crippen LogP contribution in [0.25, 0.3) is 11.3 Å². The molecule has 1 amide bonds. The summed E-state index contributed by atoms with van der Waals surface area (Å²) in [4.78, 5) is 16.0. The molecule has 0 fully saturated rings. The number of hydrogen-bond donors (Lipinski definition) is 2. The van der Waals surface area contributed by atoms with Gasteiger partial charge in [0.2, 0.25) is 5.91 Å². The van der Waals surface area contributed by atoms with Gasteiger partial charge in [0.25, 0.3) is 0 Å². The lowest BCUT2D eigenvalue weighted by Crippen LogP contribution is -2.23. The third kappa shape index (κ3) is 3.79. The lowest BCUT2D eigenvalue weighted by atomic mass is 10.1. The van der Waals surface area contributed by atoms with Crippen LogP contribution in [0.1, 0.15) is 17.7 Å². The normalized spacial score (nSPS) is 10.5. The predicted octanol–water partition coefficient (Wildman–Crippen LogP) is 2.78. The van der Waals surface area contributed by atoms with Gasteiger partial charge < -0.3 is 5.32 Å². The number of aromatic nitrogens is 3. The van der Waals surface area contributed by atoms with Crippen LogP contribution in [0.5, 0.6) is 0 Å². The smallest absolute Gasteiger partial charge is 0.220 e. The number of amides is 1. The van der Waals surface area contributed by atoms with Gasteiger partial charge >= 0.3 is 0 Å². The maximum Gasteiger partial charge on any atom is 0.220 e. The quantitative estimate of drug-likeness (QED) is 0.735. The molecule has 0 aliphatic heterocycles. The first-order valence-electron chi connectivity index (χ1n) is 7.04. The zero-order valence-corrected chi connectivity index (χ0v) is 12.8. The molecule has 0 aliphatic carbocycles. The Kier molecular flexibility index (Phi) is 4.60. The average Bonchev–Trinajstić information content (AvgIpc) is 3.24. The summed E-state index contributed by atoms with van der Waals surface area (Å²) in [6.45, 7) is 0.541.